The van der Waals surface area contributed by atoms with Crippen LogP contribution in [-0.4, -0.2) is 29.9 Å². The Balaban J connectivity index is 1.70. The fourth-order valence-electron chi connectivity index (χ4n) is 4.24. The Kier molecular flexibility index (Phi) is 5.55. The van der Waals surface area contributed by atoms with Crippen LogP contribution in [0, 0.1) is 11.7 Å². The van der Waals surface area contributed by atoms with E-state index in [0.717, 1.165) is 12.2 Å². The van der Waals surface area contributed by atoms with Crippen molar-refractivity contribution in [1.29, 1.82) is 0 Å². The smallest absolute Gasteiger partial charge is 0.250 e. The van der Waals surface area contributed by atoms with Gasteiger partial charge in [-0.05, 0) is 67.3 Å². The van der Waals surface area contributed by atoms with E-state index in [0.29, 0.717) is 28.4 Å². The van der Waals surface area contributed by atoms with Crippen LogP contribution in [0.25, 0.3) is 0 Å². The molecular weight excluding hydrogens is 413 g/mol. The monoisotopic (exact) mass is 433 g/mol. The van der Waals surface area contributed by atoms with E-state index in [9.17, 15) is 14.0 Å². The summed E-state index contributed by atoms with van der Waals surface area (Å²) < 4.78 is 13.2. The molecule has 0 aliphatic carbocycles. The second-order valence-corrected chi connectivity index (χ2v) is 8.78. The number of anilines is 2. The summed E-state index contributed by atoms with van der Waals surface area (Å²) in [7, 11) is 0. The molecule has 2 aliphatic heterocycles. The van der Waals surface area contributed by atoms with Gasteiger partial charge in [-0.1, -0.05) is 11.6 Å². The fourth-order valence-corrected chi connectivity index (χ4v) is 4.94. The lowest BCUT2D eigenvalue weighted by Gasteiger charge is -2.29. The van der Waals surface area contributed by atoms with Crippen LogP contribution in [0.2, 0.25) is 5.02 Å². The van der Waals surface area contributed by atoms with Crippen LogP contribution in [0.5, 0.6) is 0 Å². The summed E-state index contributed by atoms with van der Waals surface area (Å²) in [6, 6.07) is 10.8. The van der Waals surface area contributed by atoms with Gasteiger partial charge in [-0.15, -0.1) is 0 Å². The quantitative estimate of drug-likeness (QED) is 0.666. The summed E-state index contributed by atoms with van der Waals surface area (Å²) in [5, 5.41) is 9.70. The number of amides is 2. The van der Waals surface area contributed by atoms with Gasteiger partial charge in [0, 0.05) is 28.0 Å². The van der Waals surface area contributed by atoms with Gasteiger partial charge >= 0.3 is 0 Å². The summed E-state index contributed by atoms with van der Waals surface area (Å²) in [4.78, 5) is 26.4. The number of thioether (sulfide) groups is 1. The Bertz CT molecular complexity index is 955. The molecule has 2 aromatic rings. The highest BCUT2D eigenvalue weighted by molar-refractivity contribution is 7.98. The second-order valence-electron chi connectivity index (χ2n) is 7.36. The molecule has 1 fully saturated rings. The lowest BCUT2D eigenvalue weighted by Crippen LogP contribution is -2.52. The lowest BCUT2D eigenvalue weighted by molar-refractivity contribution is -0.130. The highest BCUT2D eigenvalue weighted by Crippen LogP contribution is 2.48. The molecule has 5 nitrogen and oxygen atoms in total. The molecule has 29 heavy (non-hydrogen) atoms. The van der Waals surface area contributed by atoms with Crippen molar-refractivity contribution in [1.82, 2.24) is 5.32 Å². The third-order valence-corrected chi connectivity index (χ3v) is 6.47. The maximum atomic E-state index is 13.3. The minimum Gasteiger partial charge on any atom is -0.326 e. The number of hydrogen-bond donors (Lipinski definition) is 3. The predicted octanol–water partition coefficient (Wildman–Crippen LogP) is 4.00. The molecule has 1 saturated heterocycles. The fraction of sp³-hybridized carbons (Fsp3) is 0.333. The van der Waals surface area contributed by atoms with Gasteiger partial charge in [0.25, 0.3) is 0 Å². The van der Waals surface area contributed by atoms with Gasteiger partial charge in [0.05, 0.1) is 5.92 Å². The maximum Gasteiger partial charge on any atom is 0.250 e. The minimum atomic E-state index is -1.17. The van der Waals surface area contributed by atoms with Crippen LogP contribution in [0.15, 0.2) is 42.5 Å². The zero-order valence-electron chi connectivity index (χ0n) is 15.8. The summed E-state index contributed by atoms with van der Waals surface area (Å²) in [6.07, 6.45) is 3.39. The largest absolute Gasteiger partial charge is 0.326 e. The molecule has 2 aliphatic rings. The third-order valence-electron chi connectivity index (χ3n) is 5.59. The SMILES string of the molecule is CSCC[C@@H]1C[C@@H](C(=O)Nc2ccc(F)cc2)[C@]2(N1)C(=O)Nc1ccc(Cl)cc12. The van der Waals surface area contributed by atoms with Gasteiger partial charge < -0.3 is 10.6 Å². The number of carbonyl (C=O) groups is 2. The molecular formula is C21H21ClFN3O2S. The van der Waals surface area contributed by atoms with Crippen molar-refractivity contribution < 1.29 is 14.0 Å². The highest BCUT2D eigenvalue weighted by Gasteiger charge is 2.60. The van der Waals surface area contributed by atoms with Crippen molar-refractivity contribution >= 4 is 46.6 Å². The van der Waals surface area contributed by atoms with Crippen molar-refractivity contribution in [3.05, 3.63) is 58.9 Å². The van der Waals surface area contributed by atoms with Crippen molar-refractivity contribution in [3.63, 3.8) is 0 Å². The maximum absolute atomic E-state index is 13.3. The zero-order valence-corrected chi connectivity index (χ0v) is 17.4. The molecule has 2 aromatic carbocycles. The number of nitrogens with one attached hydrogen (secondary N) is 3. The van der Waals surface area contributed by atoms with Crippen molar-refractivity contribution in [3.8, 4) is 0 Å². The zero-order chi connectivity index (χ0) is 20.6. The molecule has 2 heterocycles. The first-order valence-electron chi connectivity index (χ1n) is 9.38. The van der Waals surface area contributed by atoms with Gasteiger partial charge in [-0.3, -0.25) is 14.9 Å². The van der Waals surface area contributed by atoms with E-state index in [1.54, 1.807) is 30.0 Å². The number of fused-ring (bicyclic) bond motifs is 2. The predicted molar refractivity (Wildman–Crippen MR) is 115 cm³/mol. The highest BCUT2D eigenvalue weighted by atomic mass is 35.5. The molecule has 0 unspecified atom stereocenters. The van der Waals surface area contributed by atoms with E-state index in [2.05, 4.69) is 16.0 Å². The molecule has 4 rings (SSSR count). The van der Waals surface area contributed by atoms with Gasteiger partial charge in [-0.25, -0.2) is 4.39 Å². The summed E-state index contributed by atoms with van der Waals surface area (Å²) in [5.74, 6) is -0.610. The van der Waals surface area contributed by atoms with Crippen LogP contribution in [0.4, 0.5) is 15.8 Å². The van der Waals surface area contributed by atoms with E-state index in [1.165, 1.54) is 24.3 Å². The summed E-state index contributed by atoms with van der Waals surface area (Å²) in [5.41, 5.74) is 0.676. The average Bonchev–Trinajstić information content (AvgIpc) is 3.22. The van der Waals surface area contributed by atoms with Gasteiger partial charge in [0.2, 0.25) is 11.8 Å². The Labute approximate surface area is 177 Å². The van der Waals surface area contributed by atoms with Crippen LogP contribution >= 0.6 is 23.4 Å². The number of carbonyl (C=O) groups excluding carboxylic acids is 2. The first kappa shape index (κ1) is 20.2. The van der Waals surface area contributed by atoms with Crippen LogP contribution < -0.4 is 16.0 Å². The number of hydrogen-bond acceptors (Lipinski definition) is 4. The number of rotatable bonds is 5. The van der Waals surface area contributed by atoms with E-state index in [4.69, 9.17) is 11.6 Å². The number of halogens is 2. The third kappa shape index (κ3) is 3.63. The minimum absolute atomic E-state index is 0.0158. The van der Waals surface area contributed by atoms with Gasteiger partial charge in [0.15, 0.2) is 0 Å². The first-order valence-corrected chi connectivity index (χ1v) is 11.2. The van der Waals surface area contributed by atoms with Crippen molar-refractivity contribution in [2.75, 3.05) is 22.6 Å². The Morgan fingerprint density at radius 3 is 2.79 bits per heavy atom. The molecule has 3 N–H and O–H groups in total. The Hall–Kier alpha value is -2.09. The Morgan fingerprint density at radius 1 is 1.31 bits per heavy atom. The molecule has 152 valence electrons. The average molecular weight is 434 g/mol. The second kappa shape index (κ2) is 7.97. The van der Waals surface area contributed by atoms with Crippen LogP contribution in [0.3, 0.4) is 0 Å². The van der Waals surface area contributed by atoms with Crippen molar-refractivity contribution in [2.24, 2.45) is 5.92 Å². The molecule has 8 heteroatoms. The van der Waals surface area contributed by atoms with Gasteiger partial charge in [-0.2, -0.15) is 11.8 Å². The molecule has 3 atom stereocenters. The molecule has 0 radical (unpaired) electrons. The molecule has 1 spiro atoms. The standard InChI is InChI=1S/C21H21ClFN3O2S/c1-29-9-8-15-11-17(19(27)24-14-5-3-13(23)4-6-14)21(26-15)16-10-12(22)2-7-18(16)25-20(21)28/h2-7,10,15,17,26H,8-9,11H2,1H3,(H,24,27)(H,25,28)/t15-,17+,21+/m1/s1. The van der Waals surface area contributed by atoms with E-state index < -0.39 is 11.5 Å². The topological polar surface area (TPSA) is 70.2 Å². The Morgan fingerprint density at radius 2 is 2.07 bits per heavy atom. The van der Waals surface area contributed by atoms with Crippen LogP contribution in [0.1, 0.15) is 18.4 Å². The lowest BCUT2D eigenvalue weighted by atomic mass is 9.79. The molecule has 0 aromatic heterocycles. The van der Waals surface area contributed by atoms with E-state index >= 15 is 0 Å². The molecule has 0 saturated carbocycles. The van der Waals surface area contributed by atoms with Gasteiger partial charge in [0.1, 0.15) is 11.4 Å². The molecule has 0 bridgehead atoms. The first-order chi connectivity index (χ1) is 13.9. The van der Waals surface area contributed by atoms with Crippen LogP contribution in [-0.2, 0) is 15.1 Å². The summed E-state index contributed by atoms with van der Waals surface area (Å²) in [6.45, 7) is 0. The normalized spacial score (nSPS) is 25.1. The summed E-state index contributed by atoms with van der Waals surface area (Å²) >= 11 is 7.94. The van der Waals surface area contributed by atoms with E-state index in [1.807, 2.05) is 6.26 Å². The number of benzene rings is 2. The van der Waals surface area contributed by atoms with E-state index in [-0.39, 0.29) is 23.7 Å². The molecule has 2 amide bonds. The van der Waals surface area contributed by atoms with Crippen molar-refractivity contribution in [2.45, 2.75) is 24.4 Å².